The largest absolute Gasteiger partial charge is 0.512 e. The number of amides is 2. The highest BCUT2D eigenvalue weighted by Crippen LogP contribution is 2.64. The summed E-state index contributed by atoms with van der Waals surface area (Å²) in [7, 11) is -4.21. The Balaban J connectivity index is 1.35. The van der Waals surface area contributed by atoms with Gasteiger partial charge in [0, 0.05) is 35.9 Å². The number of allylic oxidation sites excluding steroid dienone is 1. The standard InChI is InChI=1S/C32H39N3O8S/c1-18-26(37)22(28(39)33-30(2,3)29(40)34-44(42,43)21-7-5-4-6-8-21)16-32(41)24-15-20-11-12-23(36)27(38)25(20)31(18,32)13-14-35(24)17-19-9-10-19/h4-8,11-12,18-19,24,36-38,41H,9-10,13-17H2,1-3H3,(H,33,39)(H,34,40)/t18-,24+,31+,32+/m0/s1. The van der Waals surface area contributed by atoms with Crippen molar-refractivity contribution in [2.45, 2.75) is 80.4 Å². The summed E-state index contributed by atoms with van der Waals surface area (Å²) in [5.41, 5.74) is -3.46. The second kappa shape index (κ2) is 10.2. The van der Waals surface area contributed by atoms with E-state index in [1.165, 1.54) is 44.2 Å². The van der Waals surface area contributed by atoms with Gasteiger partial charge in [0.1, 0.15) is 11.3 Å². The lowest BCUT2D eigenvalue weighted by atomic mass is 9.46. The number of fused-ring (bicyclic) bond motifs is 1. The molecule has 1 saturated carbocycles. The number of hydrogen-bond donors (Lipinski definition) is 6. The number of hydrogen-bond acceptors (Lipinski definition) is 9. The van der Waals surface area contributed by atoms with Crippen LogP contribution in [0.5, 0.6) is 11.5 Å². The minimum absolute atomic E-state index is 0.108. The number of benzene rings is 2. The number of likely N-dealkylation sites (tertiary alicyclic amines) is 1. The highest BCUT2D eigenvalue weighted by Gasteiger charge is 2.69. The van der Waals surface area contributed by atoms with Crippen molar-refractivity contribution in [2.75, 3.05) is 13.1 Å². The highest BCUT2D eigenvalue weighted by molar-refractivity contribution is 7.90. The molecule has 1 aliphatic heterocycles. The zero-order chi connectivity index (χ0) is 31.8. The molecule has 2 fully saturated rings. The van der Waals surface area contributed by atoms with E-state index in [0.29, 0.717) is 30.9 Å². The van der Waals surface area contributed by atoms with Crippen molar-refractivity contribution in [3.05, 3.63) is 64.9 Å². The Morgan fingerprint density at radius 2 is 1.75 bits per heavy atom. The minimum Gasteiger partial charge on any atom is -0.512 e. The van der Waals surface area contributed by atoms with Crippen molar-refractivity contribution in [2.24, 2.45) is 11.8 Å². The lowest BCUT2D eigenvalue weighted by Crippen LogP contribution is -2.75. The summed E-state index contributed by atoms with van der Waals surface area (Å²) in [5, 5.41) is 48.6. The quantitative estimate of drug-likeness (QED) is 0.252. The van der Waals surface area contributed by atoms with Crippen LogP contribution in [0.15, 0.2) is 58.7 Å². The van der Waals surface area contributed by atoms with Crippen LogP contribution >= 0.6 is 0 Å². The van der Waals surface area contributed by atoms with Crippen LogP contribution in [0.4, 0.5) is 0 Å². The maximum Gasteiger partial charge on any atom is 0.264 e. The number of aliphatic hydroxyl groups is 2. The Morgan fingerprint density at radius 1 is 1.07 bits per heavy atom. The normalized spacial score (nSPS) is 28.5. The first-order valence-corrected chi connectivity index (χ1v) is 16.5. The van der Waals surface area contributed by atoms with Crippen LogP contribution in [0, 0.1) is 11.8 Å². The second-order valence-corrected chi connectivity index (χ2v) is 15.0. The molecule has 4 atom stereocenters. The maximum absolute atomic E-state index is 13.8. The highest BCUT2D eigenvalue weighted by atomic mass is 32.2. The maximum atomic E-state index is 13.8. The molecule has 4 aliphatic rings. The van der Waals surface area contributed by atoms with Gasteiger partial charge >= 0.3 is 0 Å². The van der Waals surface area contributed by atoms with Crippen LogP contribution in [-0.2, 0) is 31.4 Å². The van der Waals surface area contributed by atoms with E-state index >= 15 is 0 Å². The van der Waals surface area contributed by atoms with Crippen molar-refractivity contribution in [1.29, 1.82) is 0 Å². The molecule has 236 valence electrons. The Morgan fingerprint density at radius 3 is 2.41 bits per heavy atom. The van der Waals surface area contributed by atoms with E-state index in [0.717, 1.165) is 24.9 Å². The van der Waals surface area contributed by atoms with E-state index in [2.05, 4.69) is 10.2 Å². The van der Waals surface area contributed by atoms with Gasteiger partial charge < -0.3 is 25.7 Å². The molecule has 0 radical (unpaired) electrons. The van der Waals surface area contributed by atoms with Crippen molar-refractivity contribution >= 4 is 21.8 Å². The average molecular weight is 626 g/mol. The summed E-state index contributed by atoms with van der Waals surface area (Å²) < 4.78 is 27.6. The van der Waals surface area contributed by atoms with Gasteiger partial charge in [0.15, 0.2) is 11.5 Å². The first-order valence-electron chi connectivity index (χ1n) is 15.0. The fraction of sp³-hybridized carbons (Fsp3) is 0.500. The van der Waals surface area contributed by atoms with Gasteiger partial charge in [-0.3, -0.25) is 14.5 Å². The third-order valence-electron chi connectivity index (χ3n) is 10.3. The minimum atomic E-state index is -4.21. The summed E-state index contributed by atoms with van der Waals surface area (Å²) in [4.78, 5) is 29.1. The van der Waals surface area contributed by atoms with Gasteiger partial charge in [-0.05, 0) is 75.8 Å². The van der Waals surface area contributed by atoms with Crippen molar-refractivity contribution in [3.63, 3.8) is 0 Å². The van der Waals surface area contributed by atoms with Gasteiger partial charge in [-0.2, -0.15) is 0 Å². The van der Waals surface area contributed by atoms with Gasteiger partial charge in [0.2, 0.25) is 0 Å². The molecule has 6 rings (SSSR count). The summed E-state index contributed by atoms with van der Waals surface area (Å²) in [6.07, 6.45) is 2.71. The number of nitrogens with one attached hydrogen (secondary N) is 2. The van der Waals surface area contributed by atoms with E-state index in [-0.39, 0.29) is 34.1 Å². The molecule has 2 aromatic rings. The lowest BCUT2D eigenvalue weighted by Gasteiger charge is -2.65. The molecule has 0 spiro atoms. The van der Waals surface area contributed by atoms with Crippen molar-refractivity contribution < 1.29 is 38.4 Å². The van der Waals surface area contributed by atoms with E-state index in [9.17, 15) is 38.4 Å². The Bertz CT molecular complexity index is 1670. The number of aromatic hydroxyl groups is 2. The molecule has 2 bridgehead atoms. The second-order valence-electron chi connectivity index (χ2n) is 13.4. The third kappa shape index (κ3) is 4.57. The average Bonchev–Trinajstić information content (AvgIpc) is 3.78. The molecular formula is C32H39N3O8S. The Kier molecular flexibility index (Phi) is 7.06. The molecule has 2 amide bonds. The summed E-state index contributed by atoms with van der Waals surface area (Å²) in [6.45, 7) is 5.80. The fourth-order valence-corrected chi connectivity index (χ4v) is 8.87. The monoisotopic (exact) mass is 625 g/mol. The smallest absolute Gasteiger partial charge is 0.264 e. The molecule has 1 saturated heterocycles. The van der Waals surface area contributed by atoms with Crippen molar-refractivity contribution in [3.8, 4) is 11.5 Å². The van der Waals surface area contributed by atoms with Crippen LogP contribution in [-0.4, -0.2) is 75.8 Å². The number of phenols is 2. The van der Waals surface area contributed by atoms with Crippen molar-refractivity contribution in [1.82, 2.24) is 14.9 Å². The van der Waals surface area contributed by atoms with Gasteiger partial charge in [0.25, 0.3) is 21.8 Å². The third-order valence-corrected chi connectivity index (χ3v) is 11.6. The number of phenolic OH excluding ortho intramolecular Hbond substituents is 2. The van der Waals surface area contributed by atoms with Gasteiger partial charge in [0.05, 0.1) is 16.1 Å². The Hall–Kier alpha value is -3.61. The van der Waals surface area contributed by atoms with E-state index in [1.54, 1.807) is 19.1 Å². The molecule has 3 aliphatic carbocycles. The van der Waals surface area contributed by atoms with E-state index < -0.39 is 50.4 Å². The van der Waals surface area contributed by atoms with Crippen LogP contribution in [0.3, 0.4) is 0 Å². The molecule has 6 N–H and O–H groups in total. The molecule has 44 heavy (non-hydrogen) atoms. The predicted molar refractivity (Wildman–Crippen MR) is 160 cm³/mol. The molecule has 11 nitrogen and oxygen atoms in total. The molecule has 0 unspecified atom stereocenters. The van der Waals surface area contributed by atoms with Crippen LogP contribution in [0.2, 0.25) is 0 Å². The number of rotatable bonds is 7. The lowest BCUT2D eigenvalue weighted by molar-refractivity contribution is -0.171. The zero-order valence-corrected chi connectivity index (χ0v) is 25.8. The van der Waals surface area contributed by atoms with E-state index in [1.807, 2.05) is 4.72 Å². The summed E-state index contributed by atoms with van der Waals surface area (Å²) in [5.74, 6) is -3.04. The number of piperidine rings is 1. The SMILES string of the molecule is C[C@H]1C(O)=C(C(=O)NC(C)(C)C(=O)NS(=O)(=O)c2ccccc2)C[C@@]2(O)[C@H]3Cc4ccc(O)c(O)c4[C@@]12CCN3CC1CC1. The number of carbonyl (C=O) groups excluding carboxylic acids is 2. The Labute approximate surface area is 256 Å². The molecule has 0 aromatic heterocycles. The predicted octanol–water partition coefficient (Wildman–Crippen LogP) is 2.36. The molecular weight excluding hydrogens is 586 g/mol. The summed E-state index contributed by atoms with van der Waals surface area (Å²) in [6, 6.07) is 10.1. The molecule has 1 heterocycles. The van der Waals surface area contributed by atoms with Crippen LogP contribution in [0.25, 0.3) is 0 Å². The first kappa shape index (κ1) is 30.4. The number of sulfonamides is 1. The topological polar surface area (TPSA) is 176 Å². The first-order chi connectivity index (χ1) is 20.6. The fourth-order valence-electron chi connectivity index (χ4n) is 7.74. The van der Waals surface area contributed by atoms with Crippen LogP contribution < -0.4 is 10.0 Å². The summed E-state index contributed by atoms with van der Waals surface area (Å²) >= 11 is 0. The number of aliphatic hydroxyl groups excluding tert-OH is 1. The molecule has 2 aromatic carbocycles. The van der Waals surface area contributed by atoms with Gasteiger partial charge in [-0.1, -0.05) is 31.2 Å². The van der Waals surface area contributed by atoms with Gasteiger partial charge in [-0.15, -0.1) is 0 Å². The van der Waals surface area contributed by atoms with Gasteiger partial charge in [-0.25, -0.2) is 13.1 Å². The van der Waals surface area contributed by atoms with Crippen LogP contribution in [0.1, 0.15) is 57.6 Å². The number of nitrogens with zero attached hydrogens (tertiary/aromatic N) is 1. The van der Waals surface area contributed by atoms with E-state index in [4.69, 9.17) is 0 Å². The molecule has 12 heteroatoms. The number of carbonyl (C=O) groups is 2. The zero-order valence-electron chi connectivity index (χ0n) is 25.0.